The Morgan fingerprint density at radius 2 is 2.03 bits per heavy atom. The number of likely N-dealkylation sites (tertiary alicyclic amines) is 1. The number of carboxylic acid groups (broad SMARTS) is 1. The van der Waals surface area contributed by atoms with Gasteiger partial charge < -0.3 is 14.4 Å². The Labute approximate surface area is 164 Å². The number of amides is 1. The number of nitrogens with zero attached hydrogens (tertiary/aromatic N) is 4. The topological polar surface area (TPSA) is 91.8 Å². The summed E-state index contributed by atoms with van der Waals surface area (Å²) in [5, 5.41) is 11.8. The van der Waals surface area contributed by atoms with E-state index in [2.05, 4.69) is 10.00 Å². The van der Waals surface area contributed by atoms with Crippen molar-refractivity contribution in [3.05, 3.63) is 41.1 Å². The lowest BCUT2D eigenvalue weighted by molar-refractivity contribution is -0.192. The standard InChI is InChI=1S/C16H20N4O2.C2HF3O2/c1-18-15-11-19(8-12-4-3-7-22-12)9-13(15)14(17-18)10-20-6-2-5-16(20)21;3-2(4,5)1(6)7/h3-4,7H,2,5-6,8-11H2,1H3;(H,6,7). The number of carbonyl (C=O) groups is 2. The van der Waals surface area contributed by atoms with Crippen LogP contribution in [-0.2, 0) is 42.8 Å². The quantitative estimate of drug-likeness (QED) is 0.826. The Hall–Kier alpha value is -2.82. The first kappa shape index (κ1) is 20.9. The fourth-order valence-corrected chi connectivity index (χ4v) is 3.45. The maximum Gasteiger partial charge on any atom is 0.490 e. The molecule has 0 atom stereocenters. The molecule has 29 heavy (non-hydrogen) atoms. The number of furan rings is 1. The Morgan fingerprint density at radius 1 is 1.31 bits per heavy atom. The zero-order valence-corrected chi connectivity index (χ0v) is 15.8. The first-order chi connectivity index (χ1) is 13.6. The number of aromatic nitrogens is 2. The van der Waals surface area contributed by atoms with E-state index in [9.17, 15) is 18.0 Å². The Bertz CT molecular complexity index is 877. The zero-order valence-electron chi connectivity index (χ0n) is 15.8. The second kappa shape index (κ2) is 8.27. The van der Waals surface area contributed by atoms with Crippen molar-refractivity contribution >= 4 is 11.9 Å². The summed E-state index contributed by atoms with van der Waals surface area (Å²) in [6.45, 7) is 4.08. The van der Waals surface area contributed by atoms with Crippen molar-refractivity contribution in [2.24, 2.45) is 7.05 Å². The van der Waals surface area contributed by atoms with E-state index in [0.717, 1.165) is 44.1 Å². The van der Waals surface area contributed by atoms with Crippen molar-refractivity contribution < 1.29 is 32.3 Å². The van der Waals surface area contributed by atoms with E-state index in [0.29, 0.717) is 13.0 Å². The predicted molar refractivity (Wildman–Crippen MR) is 93.2 cm³/mol. The molecule has 1 saturated heterocycles. The second-order valence-electron chi connectivity index (χ2n) is 6.94. The molecule has 0 unspecified atom stereocenters. The van der Waals surface area contributed by atoms with Crippen LogP contribution in [0.1, 0.15) is 35.6 Å². The molecule has 4 heterocycles. The molecule has 0 bridgehead atoms. The number of hydrogen-bond donors (Lipinski definition) is 1. The zero-order chi connectivity index (χ0) is 21.2. The summed E-state index contributed by atoms with van der Waals surface area (Å²) >= 11 is 0. The molecular formula is C18H21F3N4O4. The number of aryl methyl sites for hydroxylation is 1. The molecule has 2 aromatic rings. The lowest BCUT2D eigenvalue weighted by Gasteiger charge is -2.16. The van der Waals surface area contributed by atoms with Crippen LogP contribution < -0.4 is 0 Å². The second-order valence-corrected chi connectivity index (χ2v) is 6.94. The van der Waals surface area contributed by atoms with E-state index < -0.39 is 12.1 Å². The Balaban J connectivity index is 0.000000298. The van der Waals surface area contributed by atoms with Gasteiger partial charge in [0.05, 0.1) is 30.7 Å². The van der Waals surface area contributed by atoms with Crippen molar-refractivity contribution in [3.63, 3.8) is 0 Å². The fraction of sp³-hybridized carbons (Fsp3) is 0.500. The minimum atomic E-state index is -5.08. The van der Waals surface area contributed by atoms with Crippen LogP contribution in [0.2, 0.25) is 0 Å². The summed E-state index contributed by atoms with van der Waals surface area (Å²) in [7, 11) is 1.99. The van der Waals surface area contributed by atoms with Crippen LogP contribution in [0.5, 0.6) is 0 Å². The number of rotatable bonds is 4. The van der Waals surface area contributed by atoms with Gasteiger partial charge in [-0.3, -0.25) is 14.4 Å². The van der Waals surface area contributed by atoms with E-state index in [4.69, 9.17) is 14.3 Å². The van der Waals surface area contributed by atoms with Crippen LogP contribution in [0.4, 0.5) is 13.2 Å². The molecule has 1 fully saturated rings. The van der Waals surface area contributed by atoms with Gasteiger partial charge in [0, 0.05) is 38.7 Å². The van der Waals surface area contributed by atoms with E-state index in [1.165, 1.54) is 11.3 Å². The molecule has 1 amide bonds. The first-order valence-corrected chi connectivity index (χ1v) is 9.01. The monoisotopic (exact) mass is 414 g/mol. The van der Waals surface area contributed by atoms with Crippen LogP contribution in [0.25, 0.3) is 0 Å². The SMILES string of the molecule is Cn1nc(CN2CCCC2=O)c2c1CN(Cc1ccco1)C2.O=C(O)C(F)(F)F. The van der Waals surface area contributed by atoms with Crippen LogP contribution >= 0.6 is 0 Å². The molecule has 1 N–H and O–H groups in total. The van der Waals surface area contributed by atoms with Gasteiger partial charge in [0.2, 0.25) is 5.91 Å². The minimum Gasteiger partial charge on any atom is -0.475 e. The third-order valence-electron chi connectivity index (χ3n) is 4.83. The van der Waals surface area contributed by atoms with Crippen molar-refractivity contribution in [2.45, 2.75) is 45.2 Å². The van der Waals surface area contributed by atoms with Crippen molar-refractivity contribution in [3.8, 4) is 0 Å². The maximum absolute atomic E-state index is 11.8. The van der Waals surface area contributed by atoms with Gasteiger partial charge in [-0.2, -0.15) is 18.3 Å². The number of alkyl halides is 3. The minimum absolute atomic E-state index is 0.254. The first-order valence-electron chi connectivity index (χ1n) is 9.01. The Morgan fingerprint density at radius 3 is 2.59 bits per heavy atom. The third kappa shape index (κ3) is 4.97. The predicted octanol–water partition coefficient (Wildman–Crippen LogP) is 2.28. The maximum atomic E-state index is 11.8. The molecule has 0 aromatic carbocycles. The fourth-order valence-electron chi connectivity index (χ4n) is 3.45. The molecule has 2 aliphatic heterocycles. The van der Waals surface area contributed by atoms with Gasteiger partial charge in [-0.15, -0.1) is 0 Å². The average Bonchev–Trinajstić information content (AvgIpc) is 3.39. The molecule has 4 rings (SSSR count). The summed E-state index contributed by atoms with van der Waals surface area (Å²) in [4.78, 5) is 25.0. The molecular weight excluding hydrogens is 393 g/mol. The summed E-state index contributed by atoms with van der Waals surface area (Å²) in [5.41, 5.74) is 3.59. The normalized spacial score (nSPS) is 16.7. The van der Waals surface area contributed by atoms with Crippen molar-refractivity contribution in [2.75, 3.05) is 6.54 Å². The van der Waals surface area contributed by atoms with Gasteiger partial charge in [0.25, 0.3) is 0 Å². The molecule has 0 aliphatic carbocycles. The third-order valence-corrected chi connectivity index (χ3v) is 4.83. The molecule has 0 saturated carbocycles. The van der Waals surface area contributed by atoms with E-state index in [-0.39, 0.29) is 5.91 Å². The number of carbonyl (C=O) groups excluding carboxylic acids is 1. The summed E-state index contributed by atoms with van der Waals surface area (Å²) in [6.07, 6.45) is -1.72. The molecule has 11 heteroatoms. The smallest absolute Gasteiger partial charge is 0.475 e. The highest BCUT2D eigenvalue weighted by Crippen LogP contribution is 2.28. The van der Waals surface area contributed by atoms with Gasteiger partial charge in [-0.25, -0.2) is 4.79 Å². The molecule has 8 nitrogen and oxygen atoms in total. The summed E-state index contributed by atoms with van der Waals surface area (Å²) in [6, 6.07) is 3.93. The largest absolute Gasteiger partial charge is 0.490 e. The average molecular weight is 414 g/mol. The van der Waals surface area contributed by atoms with Crippen molar-refractivity contribution in [1.29, 1.82) is 0 Å². The highest BCUT2D eigenvalue weighted by molar-refractivity contribution is 5.78. The van der Waals surface area contributed by atoms with Crippen LogP contribution in [0, 0.1) is 0 Å². The van der Waals surface area contributed by atoms with Gasteiger partial charge in [-0.1, -0.05) is 0 Å². The number of fused-ring (bicyclic) bond motifs is 1. The molecule has 0 radical (unpaired) electrons. The lowest BCUT2D eigenvalue weighted by Crippen LogP contribution is -2.25. The molecule has 158 valence electrons. The Kier molecular flexibility index (Phi) is 5.96. The summed E-state index contributed by atoms with van der Waals surface area (Å²) in [5.74, 6) is -1.52. The van der Waals surface area contributed by atoms with Gasteiger partial charge >= 0.3 is 12.1 Å². The number of aliphatic carboxylic acids is 1. The van der Waals surface area contributed by atoms with Crippen LogP contribution in [0.15, 0.2) is 22.8 Å². The number of carboxylic acids is 1. The van der Waals surface area contributed by atoms with Crippen LogP contribution in [-0.4, -0.2) is 49.3 Å². The number of hydrogen-bond acceptors (Lipinski definition) is 5. The highest BCUT2D eigenvalue weighted by Gasteiger charge is 2.38. The molecule has 0 spiro atoms. The van der Waals surface area contributed by atoms with Crippen LogP contribution in [0.3, 0.4) is 0 Å². The van der Waals surface area contributed by atoms with Gasteiger partial charge in [-0.05, 0) is 18.6 Å². The highest BCUT2D eigenvalue weighted by atomic mass is 19.4. The lowest BCUT2D eigenvalue weighted by atomic mass is 10.2. The molecule has 2 aromatic heterocycles. The van der Waals surface area contributed by atoms with Gasteiger partial charge in [0.15, 0.2) is 0 Å². The van der Waals surface area contributed by atoms with E-state index >= 15 is 0 Å². The van der Waals surface area contributed by atoms with E-state index in [1.54, 1.807) is 6.26 Å². The summed E-state index contributed by atoms with van der Waals surface area (Å²) < 4.78 is 39.1. The molecule has 2 aliphatic rings. The number of halogens is 3. The van der Waals surface area contributed by atoms with Gasteiger partial charge in [0.1, 0.15) is 5.76 Å². The van der Waals surface area contributed by atoms with E-state index in [1.807, 2.05) is 28.8 Å². The van der Waals surface area contributed by atoms with Crippen molar-refractivity contribution in [1.82, 2.24) is 19.6 Å².